The fraction of sp³-hybridized carbons (Fsp3) is 0. The highest BCUT2D eigenvalue weighted by molar-refractivity contribution is 6.13. The van der Waals surface area contributed by atoms with Crippen LogP contribution in [-0.4, -0.2) is 10.2 Å². The van der Waals surface area contributed by atoms with Gasteiger partial charge in [0.25, 0.3) is 0 Å². The van der Waals surface area contributed by atoms with E-state index in [1.54, 1.807) is 12.1 Å². The molecule has 0 saturated carbocycles. The molecule has 0 fully saturated rings. The normalized spacial score (nSPS) is 11.2. The number of fused-ring (bicyclic) bond motifs is 2. The predicted octanol–water partition coefficient (Wildman–Crippen LogP) is 4.24. The van der Waals surface area contributed by atoms with Gasteiger partial charge in [-0.1, -0.05) is 48.5 Å². The molecule has 0 saturated heterocycles. The van der Waals surface area contributed by atoms with Crippen molar-refractivity contribution in [2.45, 2.75) is 0 Å². The summed E-state index contributed by atoms with van der Waals surface area (Å²) >= 11 is 0. The molecule has 0 unspecified atom stereocenters. The number of nitrogens with two attached hydrogens (primary N) is 2. The Hall–Kier alpha value is -3.40. The van der Waals surface area contributed by atoms with Crippen LogP contribution in [0.3, 0.4) is 0 Å². The number of nitrogen functional groups attached to an aromatic ring is 2. The van der Waals surface area contributed by atoms with Gasteiger partial charge in [-0.05, 0) is 33.7 Å². The summed E-state index contributed by atoms with van der Waals surface area (Å²) in [5, 5.41) is 24.3. The summed E-state index contributed by atoms with van der Waals surface area (Å²) in [5.41, 5.74) is 13.8. The molecule has 0 aliphatic carbocycles. The minimum absolute atomic E-state index is 0.0189. The molecule has 6 N–H and O–H groups in total. The summed E-state index contributed by atoms with van der Waals surface area (Å²) in [4.78, 5) is 0. The van der Waals surface area contributed by atoms with E-state index >= 15 is 0 Å². The van der Waals surface area contributed by atoms with Gasteiger partial charge in [-0.25, -0.2) is 0 Å². The van der Waals surface area contributed by atoms with Gasteiger partial charge in [0.2, 0.25) is 0 Å². The van der Waals surface area contributed by atoms with Crippen molar-refractivity contribution < 1.29 is 10.2 Å². The zero-order chi connectivity index (χ0) is 16.8. The highest BCUT2D eigenvalue weighted by Gasteiger charge is 2.19. The Balaban J connectivity index is 2.26. The number of hydrogen-bond donors (Lipinski definition) is 4. The summed E-state index contributed by atoms with van der Waals surface area (Å²) < 4.78 is 0. The van der Waals surface area contributed by atoms with E-state index in [-0.39, 0.29) is 22.9 Å². The molecule has 0 amide bonds. The lowest BCUT2D eigenvalue weighted by atomic mass is 9.91. The standard InChI is InChI=1S/C20H16N2O2/c21-15-9-11-5-1-4-8-14(11)18(20(15)24)17-13-7-3-2-6-12(13)10-16(23)19(17)22/h1-10,23-24H,21-22H2. The van der Waals surface area contributed by atoms with Crippen LogP contribution in [0, 0.1) is 0 Å². The van der Waals surface area contributed by atoms with Gasteiger partial charge in [-0.15, -0.1) is 0 Å². The maximum Gasteiger partial charge on any atom is 0.147 e. The monoisotopic (exact) mass is 316 g/mol. The van der Waals surface area contributed by atoms with Crippen molar-refractivity contribution in [2.75, 3.05) is 11.5 Å². The van der Waals surface area contributed by atoms with Crippen molar-refractivity contribution in [3.8, 4) is 22.6 Å². The van der Waals surface area contributed by atoms with E-state index in [0.717, 1.165) is 21.5 Å². The molecule has 24 heavy (non-hydrogen) atoms. The van der Waals surface area contributed by atoms with Gasteiger partial charge in [-0.2, -0.15) is 0 Å². The summed E-state index contributed by atoms with van der Waals surface area (Å²) in [6.07, 6.45) is 0. The topological polar surface area (TPSA) is 92.5 Å². The van der Waals surface area contributed by atoms with E-state index in [2.05, 4.69) is 0 Å². The second-order valence-corrected chi connectivity index (χ2v) is 5.82. The summed E-state index contributed by atoms with van der Waals surface area (Å²) in [7, 11) is 0. The Labute approximate surface area is 138 Å². The lowest BCUT2D eigenvalue weighted by molar-refractivity contribution is 0.478. The number of aromatic hydroxyl groups is 2. The third-order valence-electron chi connectivity index (χ3n) is 4.37. The van der Waals surface area contributed by atoms with E-state index in [4.69, 9.17) is 11.5 Å². The van der Waals surface area contributed by atoms with Gasteiger partial charge < -0.3 is 21.7 Å². The first-order valence-electron chi connectivity index (χ1n) is 7.58. The fourth-order valence-electron chi connectivity index (χ4n) is 3.23. The largest absolute Gasteiger partial charge is 0.506 e. The number of hydrogen-bond acceptors (Lipinski definition) is 4. The molecule has 118 valence electrons. The maximum absolute atomic E-state index is 10.7. The van der Waals surface area contributed by atoms with Crippen molar-refractivity contribution >= 4 is 32.9 Å². The molecule has 4 aromatic carbocycles. The van der Waals surface area contributed by atoms with Gasteiger partial charge in [-0.3, -0.25) is 0 Å². The summed E-state index contributed by atoms with van der Waals surface area (Å²) in [5.74, 6) is -0.0502. The lowest BCUT2D eigenvalue weighted by Crippen LogP contribution is -1.96. The van der Waals surface area contributed by atoms with Crippen molar-refractivity contribution in [2.24, 2.45) is 0 Å². The average molecular weight is 316 g/mol. The van der Waals surface area contributed by atoms with Crippen LogP contribution >= 0.6 is 0 Å². The quantitative estimate of drug-likeness (QED) is 0.312. The lowest BCUT2D eigenvalue weighted by Gasteiger charge is -2.17. The highest BCUT2D eigenvalue weighted by Crippen LogP contribution is 2.47. The molecule has 0 radical (unpaired) electrons. The number of anilines is 2. The van der Waals surface area contributed by atoms with Gasteiger partial charge in [0, 0.05) is 11.1 Å². The van der Waals surface area contributed by atoms with Crippen LogP contribution in [0.4, 0.5) is 11.4 Å². The summed E-state index contributed by atoms with van der Waals surface area (Å²) in [6, 6.07) is 18.6. The molecule has 0 aliphatic heterocycles. The number of rotatable bonds is 1. The smallest absolute Gasteiger partial charge is 0.147 e. The number of benzene rings is 4. The summed E-state index contributed by atoms with van der Waals surface area (Å²) in [6.45, 7) is 0. The number of phenolic OH excluding ortho intramolecular Hbond substituents is 2. The molecule has 0 aromatic heterocycles. The van der Waals surface area contributed by atoms with E-state index < -0.39 is 0 Å². The first-order valence-corrected chi connectivity index (χ1v) is 7.58. The van der Waals surface area contributed by atoms with Crippen LogP contribution in [0.1, 0.15) is 0 Å². The SMILES string of the molecule is Nc1cc2ccccc2c(-c2c(N)c(O)cc3ccccc23)c1O. The third-order valence-corrected chi connectivity index (χ3v) is 4.37. The van der Waals surface area contributed by atoms with Crippen molar-refractivity contribution in [1.82, 2.24) is 0 Å². The van der Waals surface area contributed by atoms with Crippen LogP contribution < -0.4 is 11.5 Å². The minimum Gasteiger partial charge on any atom is -0.506 e. The maximum atomic E-state index is 10.7. The third kappa shape index (κ3) is 1.93. The van der Waals surface area contributed by atoms with Gasteiger partial charge in [0.15, 0.2) is 0 Å². The Morgan fingerprint density at radius 2 is 1.21 bits per heavy atom. The molecule has 4 aromatic rings. The predicted molar refractivity (Wildman–Crippen MR) is 99.0 cm³/mol. The molecular weight excluding hydrogens is 300 g/mol. The highest BCUT2D eigenvalue weighted by atomic mass is 16.3. The van der Waals surface area contributed by atoms with Gasteiger partial charge in [0.05, 0.1) is 11.4 Å². The van der Waals surface area contributed by atoms with Crippen LogP contribution in [-0.2, 0) is 0 Å². The van der Waals surface area contributed by atoms with E-state index in [1.807, 2.05) is 48.5 Å². The molecule has 0 aliphatic rings. The van der Waals surface area contributed by atoms with Crippen molar-refractivity contribution in [1.29, 1.82) is 0 Å². The van der Waals surface area contributed by atoms with Crippen LogP contribution in [0.2, 0.25) is 0 Å². The second kappa shape index (κ2) is 5.06. The Morgan fingerprint density at radius 1 is 0.667 bits per heavy atom. The van der Waals surface area contributed by atoms with E-state index in [0.29, 0.717) is 11.1 Å². The van der Waals surface area contributed by atoms with Crippen LogP contribution in [0.25, 0.3) is 32.7 Å². The Morgan fingerprint density at radius 3 is 1.88 bits per heavy atom. The van der Waals surface area contributed by atoms with Crippen LogP contribution in [0.15, 0.2) is 60.7 Å². The van der Waals surface area contributed by atoms with Gasteiger partial charge in [0.1, 0.15) is 11.5 Å². The Kier molecular flexibility index (Phi) is 3.00. The second-order valence-electron chi connectivity index (χ2n) is 5.82. The molecule has 4 nitrogen and oxygen atoms in total. The molecule has 0 atom stereocenters. The molecule has 4 rings (SSSR count). The zero-order valence-corrected chi connectivity index (χ0v) is 12.8. The molecule has 0 bridgehead atoms. The van der Waals surface area contributed by atoms with E-state index in [9.17, 15) is 10.2 Å². The average Bonchev–Trinajstić information content (AvgIpc) is 2.58. The first-order chi connectivity index (χ1) is 11.6. The molecule has 0 heterocycles. The van der Waals surface area contributed by atoms with Crippen molar-refractivity contribution in [3.05, 3.63) is 60.7 Å². The molecule has 4 heteroatoms. The number of phenols is 2. The van der Waals surface area contributed by atoms with Gasteiger partial charge >= 0.3 is 0 Å². The fourth-order valence-corrected chi connectivity index (χ4v) is 3.23. The Bertz CT molecular complexity index is 1010. The van der Waals surface area contributed by atoms with Crippen LogP contribution in [0.5, 0.6) is 11.5 Å². The van der Waals surface area contributed by atoms with Crippen molar-refractivity contribution in [3.63, 3.8) is 0 Å². The van der Waals surface area contributed by atoms with E-state index in [1.165, 1.54) is 0 Å². The minimum atomic E-state index is -0.0313. The molecular formula is C20H16N2O2. The first kappa shape index (κ1) is 14.2. The molecule has 0 spiro atoms. The zero-order valence-electron chi connectivity index (χ0n) is 12.8.